The number of rotatable bonds is 5. The summed E-state index contributed by atoms with van der Waals surface area (Å²) in [6.07, 6.45) is 3.10. The summed E-state index contributed by atoms with van der Waals surface area (Å²) >= 11 is 0. The monoisotopic (exact) mass is 470 g/mol. The molecule has 34 heavy (non-hydrogen) atoms. The van der Waals surface area contributed by atoms with Crippen molar-refractivity contribution in [3.05, 3.63) is 30.0 Å². The maximum Gasteiger partial charge on any atom is 0.405 e. The Bertz CT molecular complexity index is 1070. The summed E-state index contributed by atoms with van der Waals surface area (Å²) < 4.78 is 12.5. The maximum absolute atomic E-state index is 13.4. The highest BCUT2D eigenvalue weighted by Crippen LogP contribution is 2.30. The van der Waals surface area contributed by atoms with Gasteiger partial charge in [-0.25, -0.2) is 4.79 Å². The number of nitrogens with two attached hydrogens (primary N) is 1. The molecular weight excluding hydrogens is 436 g/mol. The summed E-state index contributed by atoms with van der Waals surface area (Å²) in [5.74, 6) is 0.448. The Morgan fingerprint density at radius 3 is 2.47 bits per heavy atom. The molecule has 1 aliphatic heterocycles. The van der Waals surface area contributed by atoms with Crippen LogP contribution in [0.4, 0.5) is 4.79 Å². The molecule has 2 fully saturated rings. The lowest BCUT2D eigenvalue weighted by Gasteiger charge is -2.42. The first-order valence-electron chi connectivity index (χ1n) is 12.0. The average molecular weight is 471 g/mol. The predicted octanol–water partition coefficient (Wildman–Crippen LogP) is 2.90. The van der Waals surface area contributed by atoms with E-state index in [9.17, 15) is 14.4 Å². The van der Waals surface area contributed by atoms with Crippen LogP contribution in [0.1, 0.15) is 49.5 Å². The molecule has 2 aromatic rings. The fourth-order valence-electron chi connectivity index (χ4n) is 5.35. The van der Waals surface area contributed by atoms with Crippen LogP contribution in [0.5, 0.6) is 5.75 Å². The molecule has 9 nitrogen and oxygen atoms in total. The van der Waals surface area contributed by atoms with Crippen LogP contribution in [-0.4, -0.2) is 71.2 Å². The van der Waals surface area contributed by atoms with Crippen molar-refractivity contribution in [2.75, 3.05) is 26.7 Å². The Kier molecular flexibility index (Phi) is 7.00. The number of ether oxygens (including phenoxy) is 2. The fraction of sp³-hybridized carbons (Fsp3) is 0.560. The average Bonchev–Trinajstić information content (AvgIpc) is 3.17. The van der Waals surface area contributed by atoms with Crippen molar-refractivity contribution in [3.63, 3.8) is 0 Å². The molecule has 2 N–H and O–H groups in total. The largest absolute Gasteiger partial charge is 0.497 e. The van der Waals surface area contributed by atoms with Gasteiger partial charge in [0.1, 0.15) is 11.4 Å². The van der Waals surface area contributed by atoms with E-state index in [0.717, 1.165) is 48.8 Å². The summed E-state index contributed by atoms with van der Waals surface area (Å²) in [5.41, 5.74) is 6.81. The lowest BCUT2D eigenvalue weighted by atomic mass is 9.84. The number of aryl methyl sites for hydroxylation is 1. The standard InChI is InChI=1S/C25H34N4O5/c1-16-15-28(23(30)21-13-18-9-10-19(33-3)14-20(18)27(21)2)11-12-29(16)24(31)22(34-25(26)32)17-7-5-4-6-8-17/h9-10,13-14,16-17,22H,4-8,11-12,15H2,1-3H3,(H2,26,32)/t16-,22+/m1/s1. The number of methoxy groups -OCH3 is 1. The van der Waals surface area contributed by atoms with Crippen LogP contribution >= 0.6 is 0 Å². The van der Waals surface area contributed by atoms with Crippen LogP contribution in [0.2, 0.25) is 0 Å². The first-order chi connectivity index (χ1) is 16.3. The Labute approximate surface area is 199 Å². The van der Waals surface area contributed by atoms with Crippen LogP contribution in [0.3, 0.4) is 0 Å². The van der Waals surface area contributed by atoms with Crippen LogP contribution in [0.25, 0.3) is 10.9 Å². The van der Waals surface area contributed by atoms with E-state index < -0.39 is 12.2 Å². The van der Waals surface area contributed by atoms with Crippen LogP contribution < -0.4 is 10.5 Å². The number of carbonyl (C=O) groups is 3. The number of hydrogen-bond acceptors (Lipinski definition) is 5. The van der Waals surface area contributed by atoms with Gasteiger partial charge in [-0.3, -0.25) is 9.59 Å². The van der Waals surface area contributed by atoms with E-state index >= 15 is 0 Å². The van der Waals surface area contributed by atoms with Crippen molar-refractivity contribution in [1.82, 2.24) is 14.4 Å². The molecule has 4 rings (SSSR count). The van der Waals surface area contributed by atoms with Crippen LogP contribution in [-0.2, 0) is 16.6 Å². The number of hydrogen-bond donors (Lipinski definition) is 1. The summed E-state index contributed by atoms with van der Waals surface area (Å²) in [6, 6.07) is 7.41. The number of aromatic nitrogens is 1. The van der Waals surface area contributed by atoms with E-state index in [-0.39, 0.29) is 23.8 Å². The van der Waals surface area contributed by atoms with Crippen molar-refractivity contribution in [2.24, 2.45) is 18.7 Å². The molecule has 0 bridgehead atoms. The van der Waals surface area contributed by atoms with Crippen LogP contribution in [0, 0.1) is 5.92 Å². The molecule has 2 aliphatic rings. The van der Waals surface area contributed by atoms with E-state index in [4.69, 9.17) is 15.2 Å². The van der Waals surface area contributed by atoms with Gasteiger partial charge >= 0.3 is 6.09 Å². The Morgan fingerprint density at radius 2 is 1.82 bits per heavy atom. The molecule has 1 saturated carbocycles. The molecule has 9 heteroatoms. The first-order valence-corrected chi connectivity index (χ1v) is 12.0. The summed E-state index contributed by atoms with van der Waals surface area (Å²) in [6.45, 7) is 3.12. The molecule has 2 heterocycles. The molecule has 1 aliphatic carbocycles. The number of primary amides is 1. The van der Waals surface area contributed by atoms with Crippen molar-refractivity contribution >= 4 is 28.8 Å². The number of benzene rings is 1. The molecule has 2 atom stereocenters. The zero-order valence-electron chi connectivity index (χ0n) is 20.2. The topological polar surface area (TPSA) is 107 Å². The highest BCUT2D eigenvalue weighted by atomic mass is 16.6. The van der Waals surface area contributed by atoms with E-state index in [1.54, 1.807) is 16.9 Å². The van der Waals surface area contributed by atoms with Gasteiger partial charge in [0.2, 0.25) is 0 Å². The highest BCUT2D eigenvalue weighted by molar-refractivity contribution is 5.99. The number of amides is 3. The molecule has 0 radical (unpaired) electrons. The van der Waals surface area contributed by atoms with Gasteiger partial charge < -0.3 is 29.6 Å². The highest BCUT2D eigenvalue weighted by Gasteiger charge is 2.39. The third-order valence-electron chi connectivity index (χ3n) is 7.23. The normalized spacial score (nSPS) is 20.3. The van der Waals surface area contributed by atoms with Gasteiger partial charge in [0, 0.05) is 50.1 Å². The number of carbonyl (C=O) groups excluding carboxylic acids is 3. The van der Waals surface area contributed by atoms with E-state index in [2.05, 4.69) is 0 Å². The summed E-state index contributed by atoms with van der Waals surface area (Å²) in [7, 11) is 3.49. The van der Waals surface area contributed by atoms with Gasteiger partial charge in [-0.2, -0.15) is 0 Å². The van der Waals surface area contributed by atoms with Gasteiger partial charge in [-0.05, 0) is 38.0 Å². The summed E-state index contributed by atoms with van der Waals surface area (Å²) in [4.78, 5) is 41.8. The Balaban J connectivity index is 1.47. The van der Waals surface area contributed by atoms with Gasteiger partial charge in [0.15, 0.2) is 6.10 Å². The maximum atomic E-state index is 13.4. The van der Waals surface area contributed by atoms with Crippen molar-refractivity contribution < 1.29 is 23.9 Å². The van der Waals surface area contributed by atoms with E-state index in [1.165, 1.54) is 0 Å². The van der Waals surface area contributed by atoms with E-state index in [1.807, 2.05) is 42.8 Å². The van der Waals surface area contributed by atoms with Crippen molar-refractivity contribution in [2.45, 2.75) is 51.2 Å². The van der Waals surface area contributed by atoms with Crippen molar-refractivity contribution in [1.29, 1.82) is 0 Å². The zero-order valence-corrected chi connectivity index (χ0v) is 20.2. The third-order valence-corrected chi connectivity index (χ3v) is 7.23. The second-order valence-electron chi connectivity index (χ2n) is 9.40. The number of piperazine rings is 1. The van der Waals surface area contributed by atoms with Crippen LogP contribution in [0.15, 0.2) is 24.3 Å². The predicted molar refractivity (Wildman–Crippen MR) is 128 cm³/mol. The van der Waals surface area contributed by atoms with Gasteiger partial charge in [0.05, 0.1) is 12.6 Å². The minimum absolute atomic E-state index is 0.00611. The second kappa shape index (κ2) is 9.95. The molecule has 0 spiro atoms. The SMILES string of the molecule is COc1ccc2cc(C(=O)N3CCN(C(=O)[C@@H](OC(N)=O)C4CCCCC4)[C@H](C)C3)n(C)c2c1. The number of fused-ring (bicyclic) bond motifs is 1. The third kappa shape index (κ3) is 4.69. The smallest absolute Gasteiger partial charge is 0.405 e. The van der Waals surface area contributed by atoms with Crippen molar-refractivity contribution in [3.8, 4) is 5.75 Å². The second-order valence-corrected chi connectivity index (χ2v) is 9.40. The van der Waals surface area contributed by atoms with E-state index in [0.29, 0.717) is 25.3 Å². The van der Waals surface area contributed by atoms with Gasteiger partial charge in [-0.1, -0.05) is 19.3 Å². The molecule has 1 aromatic carbocycles. The lowest BCUT2D eigenvalue weighted by Crippen LogP contribution is -2.59. The Morgan fingerprint density at radius 1 is 1.09 bits per heavy atom. The molecule has 1 aromatic heterocycles. The number of nitrogens with zero attached hydrogens (tertiary/aromatic N) is 3. The van der Waals surface area contributed by atoms with Gasteiger partial charge in [-0.15, -0.1) is 0 Å². The molecule has 184 valence electrons. The minimum Gasteiger partial charge on any atom is -0.497 e. The fourth-order valence-corrected chi connectivity index (χ4v) is 5.35. The first kappa shape index (κ1) is 23.9. The quantitative estimate of drug-likeness (QED) is 0.723. The molecule has 0 unspecified atom stereocenters. The Hall–Kier alpha value is -3.23. The summed E-state index contributed by atoms with van der Waals surface area (Å²) in [5, 5.41) is 0.965. The molecule has 3 amide bonds. The lowest BCUT2D eigenvalue weighted by molar-refractivity contribution is -0.148. The molecule has 1 saturated heterocycles. The zero-order chi connectivity index (χ0) is 24.4. The van der Waals surface area contributed by atoms with Gasteiger partial charge in [0.25, 0.3) is 11.8 Å². The minimum atomic E-state index is -0.919. The molecular formula is C25H34N4O5.